The van der Waals surface area contributed by atoms with Gasteiger partial charge in [-0.2, -0.15) is 0 Å². The zero-order chi connectivity index (χ0) is 14.9. The van der Waals surface area contributed by atoms with E-state index in [1.807, 2.05) is 23.5 Å². The second-order valence-corrected chi connectivity index (χ2v) is 7.70. The Morgan fingerprint density at radius 3 is 3.00 bits per heavy atom. The number of carbonyl (C=O) groups excluding carboxylic acids is 1. The topological polar surface area (TPSA) is 42.0 Å². The van der Waals surface area contributed by atoms with E-state index in [-0.39, 0.29) is 5.91 Å². The summed E-state index contributed by atoms with van der Waals surface area (Å²) in [6.07, 6.45) is 10.5. The Labute approximate surface area is 137 Å². The van der Waals surface area contributed by atoms with Crippen LogP contribution in [-0.4, -0.2) is 10.9 Å². The predicted octanol–water partition coefficient (Wildman–Crippen LogP) is 4.25. The van der Waals surface area contributed by atoms with Crippen molar-refractivity contribution in [3.63, 3.8) is 0 Å². The number of pyridine rings is 1. The van der Waals surface area contributed by atoms with Gasteiger partial charge in [-0.25, -0.2) is 0 Å². The number of amides is 1. The maximum atomic E-state index is 12.4. The summed E-state index contributed by atoms with van der Waals surface area (Å²) in [7, 11) is 0. The lowest BCUT2D eigenvalue weighted by molar-refractivity contribution is -0.112. The molecule has 0 fully saturated rings. The van der Waals surface area contributed by atoms with Crippen molar-refractivity contribution in [2.75, 3.05) is 5.32 Å². The molecule has 0 aromatic carbocycles. The highest BCUT2D eigenvalue weighted by Crippen LogP contribution is 2.42. The molecule has 2 aromatic rings. The first-order chi connectivity index (χ1) is 10.8. The third-order valence-electron chi connectivity index (χ3n) is 4.09. The molecule has 112 valence electrons. The molecule has 1 N–H and O–H groups in total. The number of carbonyl (C=O) groups is 1. The monoisotopic (exact) mass is 328 g/mol. The standard InChI is InChI=1S/C17H16N2OS2/c20-17(19-11-4-3-7-18-9-11)16-8-15-13(10-21-16)12-5-1-2-6-14(12)22-15/h3-4,7-9H,1-2,5-6,10H2,(H,19,20). The molecule has 2 aromatic heterocycles. The minimum Gasteiger partial charge on any atom is -0.320 e. The average Bonchev–Trinajstić information content (AvgIpc) is 2.93. The van der Waals surface area contributed by atoms with E-state index in [2.05, 4.69) is 16.4 Å². The molecule has 1 aliphatic heterocycles. The van der Waals surface area contributed by atoms with E-state index in [1.165, 1.54) is 36.1 Å². The van der Waals surface area contributed by atoms with E-state index < -0.39 is 0 Å². The smallest absolute Gasteiger partial charge is 0.262 e. The molecule has 22 heavy (non-hydrogen) atoms. The van der Waals surface area contributed by atoms with Gasteiger partial charge in [0.2, 0.25) is 0 Å². The van der Waals surface area contributed by atoms with Crippen molar-refractivity contribution in [1.29, 1.82) is 0 Å². The van der Waals surface area contributed by atoms with Crippen molar-refractivity contribution >= 4 is 40.8 Å². The van der Waals surface area contributed by atoms with Crippen LogP contribution < -0.4 is 5.32 Å². The number of rotatable bonds is 2. The van der Waals surface area contributed by atoms with Gasteiger partial charge in [-0.15, -0.1) is 23.1 Å². The Kier molecular flexibility index (Phi) is 3.76. The second-order valence-electron chi connectivity index (χ2n) is 5.55. The molecule has 5 heteroatoms. The summed E-state index contributed by atoms with van der Waals surface area (Å²) in [5.41, 5.74) is 3.79. The minimum atomic E-state index is -0.0324. The molecule has 1 aliphatic carbocycles. The number of anilines is 1. The molecule has 3 heterocycles. The van der Waals surface area contributed by atoms with Crippen molar-refractivity contribution in [3.05, 3.63) is 50.3 Å². The summed E-state index contributed by atoms with van der Waals surface area (Å²) in [5.74, 6) is 0.892. The van der Waals surface area contributed by atoms with Crippen molar-refractivity contribution in [3.8, 4) is 0 Å². The number of fused-ring (bicyclic) bond motifs is 3. The molecule has 0 saturated heterocycles. The lowest BCUT2D eigenvalue weighted by Crippen LogP contribution is -2.14. The zero-order valence-electron chi connectivity index (χ0n) is 12.1. The molecule has 4 rings (SSSR count). The highest BCUT2D eigenvalue weighted by molar-refractivity contribution is 8.03. The molecule has 0 radical (unpaired) electrons. The number of nitrogens with zero attached hydrogens (tertiary/aromatic N) is 1. The molecule has 1 amide bonds. The predicted molar refractivity (Wildman–Crippen MR) is 93.1 cm³/mol. The van der Waals surface area contributed by atoms with Crippen LogP contribution in [0.4, 0.5) is 5.69 Å². The minimum absolute atomic E-state index is 0.0324. The van der Waals surface area contributed by atoms with E-state index in [0.717, 1.165) is 16.3 Å². The van der Waals surface area contributed by atoms with Crippen LogP contribution in [-0.2, 0) is 23.4 Å². The first-order valence-electron chi connectivity index (χ1n) is 7.50. The van der Waals surface area contributed by atoms with E-state index in [4.69, 9.17) is 0 Å². The van der Waals surface area contributed by atoms with Crippen molar-refractivity contribution in [1.82, 2.24) is 4.98 Å². The SMILES string of the molecule is O=C(Nc1cccnc1)C1=Cc2sc3c(c2CS1)CCCC3. The van der Waals surface area contributed by atoms with Gasteiger partial charge >= 0.3 is 0 Å². The Bertz CT molecular complexity index is 750. The summed E-state index contributed by atoms with van der Waals surface area (Å²) in [6, 6.07) is 3.68. The van der Waals surface area contributed by atoms with E-state index >= 15 is 0 Å². The third-order valence-corrected chi connectivity index (χ3v) is 6.42. The molecule has 0 bridgehead atoms. The highest BCUT2D eigenvalue weighted by Gasteiger charge is 2.25. The molecule has 3 nitrogen and oxygen atoms in total. The molecular formula is C17H16N2OS2. The lowest BCUT2D eigenvalue weighted by atomic mass is 9.95. The van der Waals surface area contributed by atoms with Crippen LogP contribution >= 0.6 is 23.1 Å². The summed E-state index contributed by atoms with van der Waals surface area (Å²) < 4.78 is 0. The Morgan fingerprint density at radius 2 is 2.14 bits per heavy atom. The maximum absolute atomic E-state index is 12.4. The fraction of sp³-hybridized carbons (Fsp3) is 0.294. The van der Waals surface area contributed by atoms with Crippen molar-refractivity contribution in [2.24, 2.45) is 0 Å². The van der Waals surface area contributed by atoms with Gasteiger partial charge in [0.1, 0.15) is 0 Å². The number of nitrogens with one attached hydrogen (secondary N) is 1. The third kappa shape index (κ3) is 2.59. The number of aryl methyl sites for hydroxylation is 1. The van der Waals surface area contributed by atoms with E-state index in [1.54, 1.807) is 34.6 Å². The zero-order valence-corrected chi connectivity index (χ0v) is 13.7. The molecule has 0 saturated carbocycles. The van der Waals surface area contributed by atoms with Gasteiger partial charge in [0.25, 0.3) is 5.91 Å². The summed E-state index contributed by atoms with van der Waals surface area (Å²) in [4.78, 5) is 20.1. The van der Waals surface area contributed by atoms with Gasteiger partial charge in [0, 0.05) is 21.7 Å². The molecule has 0 unspecified atom stereocenters. The van der Waals surface area contributed by atoms with Gasteiger partial charge in [0.05, 0.1) is 16.8 Å². The van der Waals surface area contributed by atoms with Gasteiger partial charge in [-0.3, -0.25) is 9.78 Å². The molecule has 0 atom stereocenters. The Hall–Kier alpha value is -1.59. The molecule has 2 aliphatic rings. The normalized spacial score (nSPS) is 16.5. The summed E-state index contributed by atoms with van der Waals surface area (Å²) >= 11 is 3.53. The number of thioether (sulfide) groups is 1. The molecular weight excluding hydrogens is 312 g/mol. The number of thiophene rings is 1. The average molecular weight is 328 g/mol. The quantitative estimate of drug-likeness (QED) is 0.896. The van der Waals surface area contributed by atoms with E-state index in [9.17, 15) is 4.79 Å². The van der Waals surface area contributed by atoms with Crippen LogP contribution in [0.5, 0.6) is 0 Å². The van der Waals surface area contributed by atoms with Crippen LogP contribution in [0.15, 0.2) is 29.4 Å². The largest absolute Gasteiger partial charge is 0.320 e. The highest BCUT2D eigenvalue weighted by atomic mass is 32.2. The van der Waals surface area contributed by atoms with Gasteiger partial charge in [0.15, 0.2) is 0 Å². The van der Waals surface area contributed by atoms with Crippen LogP contribution in [0.2, 0.25) is 0 Å². The Morgan fingerprint density at radius 1 is 1.23 bits per heavy atom. The Balaban J connectivity index is 1.59. The lowest BCUT2D eigenvalue weighted by Gasteiger charge is -2.16. The first kappa shape index (κ1) is 14.0. The number of aromatic nitrogens is 1. The van der Waals surface area contributed by atoms with Crippen LogP contribution in [0, 0.1) is 0 Å². The second kappa shape index (κ2) is 5.89. The van der Waals surface area contributed by atoms with Crippen molar-refractivity contribution in [2.45, 2.75) is 31.4 Å². The number of hydrogen-bond donors (Lipinski definition) is 1. The summed E-state index contributed by atoms with van der Waals surface area (Å²) in [5, 5.41) is 2.92. The van der Waals surface area contributed by atoms with Gasteiger partial charge in [-0.1, -0.05) is 0 Å². The summed E-state index contributed by atoms with van der Waals surface area (Å²) in [6.45, 7) is 0. The fourth-order valence-corrected chi connectivity index (χ4v) is 5.53. The van der Waals surface area contributed by atoms with E-state index in [0.29, 0.717) is 0 Å². The van der Waals surface area contributed by atoms with Crippen LogP contribution in [0.25, 0.3) is 6.08 Å². The van der Waals surface area contributed by atoms with Crippen LogP contribution in [0.3, 0.4) is 0 Å². The van der Waals surface area contributed by atoms with Crippen LogP contribution in [0.1, 0.15) is 33.7 Å². The molecule has 0 spiro atoms. The first-order valence-corrected chi connectivity index (χ1v) is 9.31. The maximum Gasteiger partial charge on any atom is 0.262 e. The van der Waals surface area contributed by atoms with Gasteiger partial charge in [-0.05, 0) is 55.0 Å². The van der Waals surface area contributed by atoms with Gasteiger partial charge < -0.3 is 5.32 Å². The number of hydrogen-bond acceptors (Lipinski definition) is 4. The fourth-order valence-electron chi connectivity index (χ4n) is 3.00. The van der Waals surface area contributed by atoms with Crippen molar-refractivity contribution < 1.29 is 4.79 Å².